The average Bonchev–Trinajstić information content (AvgIpc) is 3.10. The second-order valence-corrected chi connectivity index (χ2v) is 6.71. The zero-order chi connectivity index (χ0) is 16.9. The Labute approximate surface area is 148 Å². The largest absolute Gasteiger partial charge is 0.324 e. The molecule has 24 heavy (non-hydrogen) atoms. The number of hydrogen-bond donors (Lipinski definition) is 2. The van der Waals surface area contributed by atoms with Gasteiger partial charge in [-0.1, -0.05) is 11.6 Å². The van der Waals surface area contributed by atoms with Crippen molar-refractivity contribution in [1.82, 2.24) is 14.9 Å². The fourth-order valence-corrected chi connectivity index (χ4v) is 3.11. The quantitative estimate of drug-likeness (QED) is 0.875. The van der Waals surface area contributed by atoms with Crippen molar-refractivity contribution in [3.63, 3.8) is 0 Å². The first-order chi connectivity index (χ1) is 11.6. The first-order valence-electron chi connectivity index (χ1n) is 7.49. The molecule has 0 radical (unpaired) electrons. The van der Waals surface area contributed by atoms with E-state index in [1.54, 1.807) is 28.6 Å². The van der Waals surface area contributed by atoms with Gasteiger partial charge in [0.05, 0.1) is 5.02 Å². The fourth-order valence-electron chi connectivity index (χ4n) is 2.48. The Morgan fingerprint density at radius 2 is 2.00 bits per heavy atom. The van der Waals surface area contributed by atoms with Gasteiger partial charge in [-0.3, -0.25) is 10.1 Å². The van der Waals surface area contributed by atoms with Gasteiger partial charge in [0.15, 0.2) is 5.13 Å². The Morgan fingerprint density at radius 1 is 1.21 bits per heavy atom. The highest BCUT2D eigenvalue weighted by molar-refractivity contribution is 7.13. The highest BCUT2D eigenvalue weighted by Crippen LogP contribution is 2.20. The number of urea groups is 1. The van der Waals surface area contributed by atoms with Gasteiger partial charge in [-0.2, -0.15) is 0 Å². The van der Waals surface area contributed by atoms with E-state index in [9.17, 15) is 9.59 Å². The Bertz CT molecular complexity index is 699. The summed E-state index contributed by atoms with van der Waals surface area (Å²) in [5, 5.41) is 8.44. The third kappa shape index (κ3) is 4.21. The maximum Gasteiger partial charge on any atom is 0.323 e. The van der Waals surface area contributed by atoms with Crippen molar-refractivity contribution in [2.75, 3.05) is 23.7 Å². The molecule has 1 aliphatic rings. The molecule has 3 heterocycles. The van der Waals surface area contributed by atoms with Crippen LogP contribution in [0.4, 0.5) is 15.7 Å². The standard InChI is InChI=1S/C15H16ClN5O2S/c16-11-1-2-12(18-9-11)19-13(22)10-3-6-21(7-4-10)15(23)20-14-17-5-8-24-14/h1-2,5,8-10H,3-4,6-7H2,(H,17,20,23)(H,18,19,22). The normalized spacial score (nSPS) is 15.1. The van der Waals surface area contributed by atoms with Crippen molar-refractivity contribution in [2.45, 2.75) is 12.8 Å². The molecule has 126 valence electrons. The zero-order valence-electron chi connectivity index (χ0n) is 12.7. The van der Waals surface area contributed by atoms with Gasteiger partial charge < -0.3 is 10.2 Å². The summed E-state index contributed by atoms with van der Waals surface area (Å²) in [6.45, 7) is 1.06. The van der Waals surface area contributed by atoms with E-state index in [0.29, 0.717) is 41.9 Å². The van der Waals surface area contributed by atoms with Crippen molar-refractivity contribution in [2.24, 2.45) is 5.92 Å². The Balaban J connectivity index is 1.48. The number of carbonyl (C=O) groups is 2. The van der Waals surface area contributed by atoms with Gasteiger partial charge in [0, 0.05) is 36.8 Å². The summed E-state index contributed by atoms with van der Waals surface area (Å²) >= 11 is 7.14. The smallest absolute Gasteiger partial charge is 0.323 e. The van der Waals surface area contributed by atoms with E-state index in [1.807, 2.05) is 0 Å². The van der Waals surface area contributed by atoms with Crippen LogP contribution >= 0.6 is 22.9 Å². The number of thiazole rings is 1. The molecule has 3 amide bonds. The van der Waals surface area contributed by atoms with E-state index in [0.717, 1.165) is 0 Å². The number of likely N-dealkylation sites (tertiary alicyclic amines) is 1. The van der Waals surface area contributed by atoms with Gasteiger partial charge in [0.2, 0.25) is 5.91 Å². The molecule has 0 atom stereocenters. The number of rotatable bonds is 3. The molecule has 0 spiro atoms. The molecule has 0 aliphatic carbocycles. The van der Waals surface area contributed by atoms with Crippen molar-refractivity contribution < 1.29 is 9.59 Å². The minimum atomic E-state index is -0.178. The lowest BCUT2D eigenvalue weighted by Gasteiger charge is -2.31. The zero-order valence-corrected chi connectivity index (χ0v) is 14.3. The Morgan fingerprint density at radius 3 is 2.62 bits per heavy atom. The molecule has 9 heteroatoms. The monoisotopic (exact) mass is 365 g/mol. The summed E-state index contributed by atoms with van der Waals surface area (Å²) in [4.78, 5) is 34.2. The molecule has 0 bridgehead atoms. The fraction of sp³-hybridized carbons (Fsp3) is 0.333. The number of aromatic nitrogens is 2. The summed E-state index contributed by atoms with van der Waals surface area (Å²) in [5.41, 5.74) is 0. The average molecular weight is 366 g/mol. The van der Waals surface area contributed by atoms with E-state index < -0.39 is 0 Å². The van der Waals surface area contributed by atoms with Crippen LogP contribution in [0.1, 0.15) is 12.8 Å². The highest BCUT2D eigenvalue weighted by atomic mass is 35.5. The van der Waals surface area contributed by atoms with E-state index in [-0.39, 0.29) is 17.9 Å². The van der Waals surface area contributed by atoms with Gasteiger partial charge in [-0.05, 0) is 25.0 Å². The molecule has 2 N–H and O–H groups in total. The lowest BCUT2D eigenvalue weighted by Crippen LogP contribution is -2.43. The predicted octanol–water partition coefficient (Wildman–Crippen LogP) is 3.07. The second-order valence-electron chi connectivity index (χ2n) is 5.38. The number of amides is 3. The minimum absolute atomic E-state index is 0.0789. The van der Waals surface area contributed by atoms with Crippen LogP contribution in [-0.2, 0) is 4.79 Å². The molecule has 0 saturated carbocycles. The van der Waals surface area contributed by atoms with Crippen molar-refractivity contribution >= 4 is 45.8 Å². The number of nitrogens with zero attached hydrogens (tertiary/aromatic N) is 3. The maximum absolute atomic E-state index is 12.3. The Hall–Kier alpha value is -2.19. The first-order valence-corrected chi connectivity index (χ1v) is 8.75. The number of pyridine rings is 1. The van der Waals surface area contributed by atoms with Crippen LogP contribution in [0.2, 0.25) is 5.02 Å². The lowest BCUT2D eigenvalue weighted by atomic mass is 9.96. The maximum atomic E-state index is 12.3. The SMILES string of the molecule is O=C(Nc1ccc(Cl)cn1)C1CCN(C(=O)Nc2nccs2)CC1. The van der Waals surface area contributed by atoms with Crippen LogP contribution < -0.4 is 10.6 Å². The van der Waals surface area contributed by atoms with Crippen molar-refractivity contribution in [1.29, 1.82) is 0 Å². The predicted molar refractivity (Wildman–Crippen MR) is 93.3 cm³/mol. The van der Waals surface area contributed by atoms with E-state index in [1.165, 1.54) is 17.5 Å². The number of anilines is 2. The van der Waals surface area contributed by atoms with Crippen LogP contribution in [-0.4, -0.2) is 39.9 Å². The second kappa shape index (κ2) is 7.59. The summed E-state index contributed by atoms with van der Waals surface area (Å²) in [7, 11) is 0. The molecule has 0 unspecified atom stereocenters. The lowest BCUT2D eigenvalue weighted by molar-refractivity contribution is -0.121. The summed E-state index contributed by atoms with van der Waals surface area (Å²) in [6, 6.07) is 3.16. The molecule has 0 aromatic carbocycles. The molecule has 1 fully saturated rings. The number of piperidine rings is 1. The van der Waals surface area contributed by atoms with Crippen molar-refractivity contribution in [3.8, 4) is 0 Å². The molecular formula is C15H16ClN5O2S. The number of halogens is 1. The third-order valence-electron chi connectivity index (χ3n) is 3.78. The molecular weight excluding hydrogens is 350 g/mol. The highest BCUT2D eigenvalue weighted by Gasteiger charge is 2.27. The van der Waals surface area contributed by atoms with Crippen LogP contribution in [0.5, 0.6) is 0 Å². The van der Waals surface area contributed by atoms with Gasteiger partial charge in [0.25, 0.3) is 0 Å². The summed E-state index contributed by atoms with van der Waals surface area (Å²) in [5.74, 6) is 0.268. The number of carbonyl (C=O) groups excluding carboxylic acids is 2. The minimum Gasteiger partial charge on any atom is -0.324 e. The van der Waals surface area contributed by atoms with Gasteiger partial charge in [-0.15, -0.1) is 11.3 Å². The molecule has 2 aromatic heterocycles. The van der Waals surface area contributed by atoms with E-state index in [2.05, 4.69) is 20.6 Å². The summed E-state index contributed by atoms with van der Waals surface area (Å²) in [6.07, 6.45) is 4.36. The van der Waals surface area contributed by atoms with E-state index in [4.69, 9.17) is 11.6 Å². The number of hydrogen-bond acceptors (Lipinski definition) is 5. The molecule has 2 aromatic rings. The van der Waals surface area contributed by atoms with Crippen LogP contribution in [0, 0.1) is 5.92 Å². The molecule has 7 nitrogen and oxygen atoms in total. The van der Waals surface area contributed by atoms with Crippen molar-refractivity contribution in [3.05, 3.63) is 34.9 Å². The summed E-state index contributed by atoms with van der Waals surface area (Å²) < 4.78 is 0. The topological polar surface area (TPSA) is 87.2 Å². The number of nitrogens with one attached hydrogen (secondary N) is 2. The van der Waals surface area contributed by atoms with Gasteiger partial charge >= 0.3 is 6.03 Å². The van der Waals surface area contributed by atoms with E-state index >= 15 is 0 Å². The molecule has 3 rings (SSSR count). The third-order valence-corrected chi connectivity index (χ3v) is 4.69. The molecule has 1 aliphatic heterocycles. The first kappa shape index (κ1) is 16.7. The Kier molecular flexibility index (Phi) is 5.27. The van der Waals surface area contributed by atoms with Gasteiger partial charge in [0.1, 0.15) is 5.82 Å². The molecule has 1 saturated heterocycles. The van der Waals surface area contributed by atoms with Crippen LogP contribution in [0.3, 0.4) is 0 Å². The van der Waals surface area contributed by atoms with Gasteiger partial charge in [-0.25, -0.2) is 14.8 Å². The van der Waals surface area contributed by atoms with Crippen LogP contribution in [0.15, 0.2) is 29.9 Å². The van der Waals surface area contributed by atoms with Crippen LogP contribution in [0.25, 0.3) is 0 Å².